The molecule has 2 rings (SSSR count). The van der Waals surface area contributed by atoms with Crippen LogP contribution in [0.3, 0.4) is 0 Å². The Kier molecular flexibility index (Phi) is 4.62. The Hall–Kier alpha value is -1.18. The summed E-state index contributed by atoms with van der Waals surface area (Å²) in [5, 5.41) is 0.476. The first-order chi connectivity index (χ1) is 9.45. The summed E-state index contributed by atoms with van der Waals surface area (Å²) >= 11 is 13.0. The fourth-order valence-electron chi connectivity index (χ4n) is 2.50. The molecule has 2 aromatic rings. The van der Waals surface area contributed by atoms with Crippen molar-refractivity contribution >= 4 is 23.2 Å². The largest absolute Gasteiger partial charge is 0.496 e. The molecule has 1 nitrogen and oxygen atoms in total. The van der Waals surface area contributed by atoms with Gasteiger partial charge in [-0.15, -0.1) is 11.6 Å². The lowest BCUT2D eigenvalue weighted by Crippen LogP contribution is -1.99. The maximum Gasteiger partial charge on any atom is 0.124 e. The zero-order valence-electron chi connectivity index (χ0n) is 12.1. The van der Waals surface area contributed by atoms with Crippen molar-refractivity contribution in [1.82, 2.24) is 0 Å². The normalized spacial score (nSPS) is 12.3. The molecule has 0 spiro atoms. The van der Waals surface area contributed by atoms with E-state index in [4.69, 9.17) is 27.9 Å². The SMILES string of the molecule is COc1c(C)cc(C(Cl)c2cccc(C)c2Cl)cc1C. The molecule has 0 aliphatic carbocycles. The predicted octanol–water partition coefficient (Wildman–Crippen LogP) is 5.60. The second-order valence-corrected chi connectivity index (χ2v) is 5.84. The number of hydrogen-bond acceptors (Lipinski definition) is 1. The lowest BCUT2D eigenvalue weighted by molar-refractivity contribution is 0.408. The van der Waals surface area contributed by atoms with Gasteiger partial charge >= 0.3 is 0 Å². The van der Waals surface area contributed by atoms with Crippen LogP contribution in [0.4, 0.5) is 0 Å². The number of rotatable bonds is 3. The molecule has 0 radical (unpaired) electrons. The fourth-order valence-corrected chi connectivity index (χ4v) is 3.10. The Morgan fingerprint density at radius 3 is 2.15 bits per heavy atom. The van der Waals surface area contributed by atoms with E-state index < -0.39 is 0 Å². The predicted molar refractivity (Wildman–Crippen MR) is 86.4 cm³/mol. The number of ether oxygens (including phenoxy) is 1. The van der Waals surface area contributed by atoms with Crippen LogP contribution in [0.15, 0.2) is 30.3 Å². The Balaban J connectivity index is 2.49. The third-order valence-electron chi connectivity index (χ3n) is 3.47. The summed E-state index contributed by atoms with van der Waals surface area (Å²) in [5.74, 6) is 0.910. The van der Waals surface area contributed by atoms with E-state index in [1.165, 1.54) is 0 Å². The molecule has 0 bridgehead atoms. The minimum absolute atomic E-state index is 0.259. The minimum atomic E-state index is -0.259. The lowest BCUT2D eigenvalue weighted by atomic mass is 9.98. The Morgan fingerprint density at radius 2 is 1.60 bits per heavy atom. The van der Waals surface area contributed by atoms with Crippen LogP contribution in [0.2, 0.25) is 5.02 Å². The third-order valence-corrected chi connectivity index (χ3v) is 4.48. The first-order valence-corrected chi connectivity index (χ1v) is 7.31. The smallest absolute Gasteiger partial charge is 0.124 e. The van der Waals surface area contributed by atoms with Gasteiger partial charge in [0.05, 0.1) is 12.5 Å². The third kappa shape index (κ3) is 2.79. The van der Waals surface area contributed by atoms with Gasteiger partial charge in [0, 0.05) is 5.02 Å². The first-order valence-electron chi connectivity index (χ1n) is 6.50. The summed E-state index contributed by atoms with van der Waals surface area (Å²) in [6, 6.07) is 10.1. The van der Waals surface area contributed by atoms with Crippen molar-refractivity contribution in [3.8, 4) is 5.75 Å². The molecule has 3 heteroatoms. The average molecular weight is 309 g/mol. The highest BCUT2D eigenvalue weighted by Crippen LogP contribution is 2.37. The van der Waals surface area contributed by atoms with Gasteiger partial charge in [-0.25, -0.2) is 0 Å². The second kappa shape index (κ2) is 6.07. The molecule has 20 heavy (non-hydrogen) atoms. The molecule has 0 amide bonds. The molecule has 0 aliphatic rings. The van der Waals surface area contributed by atoms with Crippen LogP contribution < -0.4 is 4.74 Å². The van der Waals surface area contributed by atoms with Crippen molar-refractivity contribution < 1.29 is 4.74 Å². The molecule has 106 valence electrons. The summed E-state index contributed by atoms with van der Waals surface area (Å²) in [7, 11) is 1.69. The quantitative estimate of drug-likeness (QED) is 0.670. The summed E-state index contributed by atoms with van der Waals surface area (Å²) in [6.07, 6.45) is 0. The molecule has 0 aromatic heterocycles. The number of methoxy groups -OCH3 is 1. The van der Waals surface area contributed by atoms with E-state index in [1.807, 2.05) is 39.0 Å². The molecular weight excluding hydrogens is 291 g/mol. The van der Waals surface area contributed by atoms with Gasteiger partial charge in [0.15, 0.2) is 0 Å². The van der Waals surface area contributed by atoms with Gasteiger partial charge in [0.25, 0.3) is 0 Å². The van der Waals surface area contributed by atoms with Crippen molar-refractivity contribution in [2.24, 2.45) is 0 Å². The fraction of sp³-hybridized carbons (Fsp3) is 0.294. The number of benzene rings is 2. The van der Waals surface area contributed by atoms with Crippen molar-refractivity contribution in [2.75, 3.05) is 7.11 Å². The molecule has 2 aromatic carbocycles. The maximum absolute atomic E-state index is 6.62. The summed E-state index contributed by atoms with van der Waals surface area (Å²) < 4.78 is 5.39. The molecule has 1 unspecified atom stereocenters. The van der Waals surface area contributed by atoms with E-state index in [0.717, 1.165) is 38.6 Å². The van der Waals surface area contributed by atoms with Crippen LogP contribution in [0, 0.1) is 20.8 Å². The zero-order valence-corrected chi connectivity index (χ0v) is 13.6. The van der Waals surface area contributed by atoms with Gasteiger partial charge in [-0.05, 0) is 48.6 Å². The number of aryl methyl sites for hydroxylation is 3. The lowest BCUT2D eigenvalue weighted by Gasteiger charge is -2.17. The summed E-state index contributed by atoms with van der Waals surface area (Å²) in [4.78, 5) is 0. The van der Waals surface area contributed by atoms with Gasteiger partial charge < -0.3 is 4.74 Å². The van der Waals surface area contributed by atoms with Crippen molar-refractivity contribution in [3.63, 3.8) is 0 Å². The Morgan fingerprint density at radius 1 is 1.00 bits per heavy atom. The van der Waals surface area contributed by atoms with Crippen molar-refractivity contribution in [1.29, 1.82) is 0 Å². The van der Waals surface area contributed by atoms with Crippen molar-refractivity contribution in [3.05, 3.63) is 63.2 Å². The van der Waals surface area contributed by atoms with Gasteiger partial charge in [-0.3, -0.25) is 0 Å². The molecule has 0 aliphatic heterocycles. The van der Waals surface area contributed by atoms with Crippen LogP contribution in [-0.4, -0.2) is 7.11 Å². The molecule has 0 saturated heterocycles. The number of alkyl halides is 1. The maximum atomic E-state index is 6.62. The van der Waals surface area contributed by atoms with Crippen LogP contribution in [-0.2, 0) is 0 Å². The standard InChI is InChI=1S/C17H18Cl2O/c1-10-6-5-7-14(15(10)18)16(19)13-8-11(2)17(20-4)12(3)9-13/h5-9,16H,1-4H3. The van der Waals surface area contributed by atoms with E-state index in [1.54, 1.807) is 7.11 Å². The van der Waals surface area contributed by atoms with E-state index in [0.29, 0.717) is 0 Å². The van der Waals surface area contributed by atoms with Crippen LogP contribution in [0.5, 0.6) is 5.75 Å². The van der Waals surface area contributed by atoms with Gasteiger partial charge in [-0.1, -0.05) is 41.9 Å². The number of halogens is 2. The topological polar surface area (TPSA) is 9.23 Å². The zero-order chi connectivity index (χ0) is 14.9. The van der Waals surface area contributed by atoms with Crippen molar-refractivity contribution in [2.45, 2.75) is 26.1 Å². The Labute approximate surface area is 130 Å². The van der Waals surface area contributed by atoms with Crippen LogP contribution in [0.25, 0.3) is 0 Å². The molecule has 0 saturated carbocycles. The van der Waals surface area contributed by atoms with Crippen LogP contribution >= 0.6 is 23.2 Å². The second-order valence-electron chi connectivity index (χ2n) is 5.03. The highest BCUT2D eigenvalue weighted by molar-refractivity contribution is 6.33. The van der Waals surface area contributed by atoms with E-state index in [2.05, 4.69) is 12.1 Å². The molecule has 0 heterocycles. The van der Waals surface area contributed by atoms with Gasteiger partial charge in [0.2, 0.25) is 0 Å². The van der Waals surface area contributed by atoms with E-state index in [9.17, 15) is 0 Å². The summed E-state index contributed by atoms with van der Waals surface area (Å²) in [6.45, 7) is 6.04. The first kappa shape index (κ1) is 15.2. The number of hydrogen-bond donors (Lipinski definition) is 0. The molecule has 0 N–H and O–H groups in total. The monoisotopic (exact) mass is 308 g/mol. The van der Waals surface area contributed by atoms with E-state index >= 15 is 0 Å². The molecule has 0 fully saturated rings. The van der Waals surface area contributed by atoms with E-state index in [-0.39, 0.29) is 5.38 Å². The molecular formula is C17H18Cl2O. The highest BCUT2D eigenvalue weighted by Gasteiger charge is 2.17. The van der Waals surface area contributed by atoms with Crippen LogP contribution in [0.1, 0.15) is 33.2 Å². The Bertz CT molecular complexity index is 612. The minimum Gasteiger partial charge on any atom is -0.496 e. The summed E-state index contributed by atoms with van der Waals surface area (Å²) in [5.41, 5.74) is 5.18. The highest BCUT2D eigenvalue weighted by atomic mass is 35.5. The molecule has 1 atom stereocenters. The van der Waals surface area contributed by atoms with Gasteiger partial charge in [-0.2, -0.15) is 0 Å². The van der Waals surface area contributed by atoms with Gasteiger partial charge in [0.1, 0.15) is 5.75 Å². The average Bonchev–Trinajstić information content (AvgIpc) is 2.41.